The molecule has 1 atom stereocenters. The minimum Gasteiger partial charge on any atom is -0.339 e. The minimum absolute atomic E-state index is 0.291. The van der Waals surface area contributed by atoms with Crippen molar-refractivity contribution in [2.75, 3.05) is 32.0 Å². The zero-order valence-electron chi connectivity index (χ0n) is 13.7. The van der Waals surface area contributed by atoms with Crippen LogP contribution >= 0.6 is 12.2 Å². The summed E-state index contributed by atoms with van der Waals surface area (Å²) < 4.78 is 0. The molecule has 1 saturated heterocycles. The molecular formula is C19H23N3S. The lowest BCUT2D eigenvalue weighted by Gasteiger charge is -2.41. The van der Waals surface area contributed by atoms with Gasteiger partial charge in [-0.1, -0.05) is 48.5 Å². The number of aryl methyl sites for hydroxylation is 1. The Morgan fingerprint density at radius 1 is 1.04 bits per heavy atom. The predicted molar refractivity (Wildman–Crippen MR) is 101 cm³/mol. The Kier molecular flexibility index (Phi) is 4.94. The number of benzene rings is 2. The average Bonchev–Trinajstić information content (AvgIpc) is 2.57. The molecule has 1 heterocycles. The fourth-order valence-corrected chi connectivity index (χ4v) is 3.35. The zero-order valence-corrected chi connectivity index (χ0v) is 14.5. The number of thiocarbonyl (C=S) groups is 1. The fraction of sp³-hybridized carbons (Fsp3) is 0.316. The first-order valence-electron chi connectivity index (χ1n) is 8.02. The predicted octanol–water partition coefficient (Wildman–Crippen LogP) is 3.68. The Bertz CT molecular complexity index is 671. The van der Waals surface area contributed by atoms with Crippen LogP contribution in [-0.2, 0) is 0 Å². The highest BCUT2D eigenvalue weighted by Gasteiger charge is 2.28. The van der Waals surface area contributed by atoms with Crippen LogP contribution in [-0.4, -0.2) is 41.6 Å². The maximum Gasteiger partial charge on any atom is 0.174 e. The quantitative estimate of drug-likeness (QED) is 0.849. The molecule has 2 aromatic carbocycles. The molecule has 0 saturated carbocycles. The third kappa shape index (κ3) is 3.71. The van der Waals surface area contributed by atoms with Gasteiger partial charge in [0, 0.05) is 25.3 Å². The van der Waals surface area contributed by atoms with Gasteiger partial charge in [-0.05, 0) is 43.4 Å². The average molecular weight is 325 g/mol. The van der Waals surface area contributed by atoms with Crippen LogP contribution in [0.3, 0.4) is 0 Å². The highest BCUT2D eigenvalue weighted by Crippen LogP contribution is 2.26. The van der Waals surface area contributed by atoms with Gasteiger partial charge in [0.15, 0.2) is 5.11 Å². The maximum atomic E-state index is 5.73. The van der Waals surface area contributed by atoms with Crippen molar-refractivity contribution in [3.8, 4) is 0 Å². The van der Waals surface area contributed by atoms with E-state index in [9.17, 15) is 0 Å². The number of hydrogen-bond donors (Lipinski definition) is 1. The number of anilines is 1. The summed E-state index contributed by atoms with van der Waals surface area (Å²) >= 11 is 5.73. The van der Waals surface area contributed by atoms with Gasteiger partial charge in [-0.15, -0.1) is 0 Å². The summed E-state index contributed by atoms with van der Waals surface area (Å²) in [7, 11) is 2.17. The summed E-state index contributed by atoms with van der Waals surface area (Å²) in [6.45, 7) is 5.05. The van der Waals surface area contributed by atoms with Gasteiger partial charge < -0.3 is 15.1 Å². The van der Waals surface area contributed by atoms with Crippen molar-refractivity contribution in [2.45, 2.75) is 13.0 Å². The van der Waals surface area contributed by atoms with Gasteiger partial charge in [0.25, 0.3) is 0 Å². The van der Waals surface area contributed by atoms with Crippen LogP contribution in [0.5, 0.6) is 0 Å². The van der Waals surface area contributed by atoms with E-state index < -0.39 is 0 Å². The second-order valence-corrected chi connectivity index (χ2v) is 6.51. The summed E-state index contributed by atoms with van der Waals surface area (Å²) in [6, 6.07) is 19.2. The molecule has 0 aromatic heterocycles. The van der Waals surface area contributed by atoms with Crippen LogP contribution < -0.4 is 5.32 Å². The van der Waals surface area contributed by atoms with Gasteiger partial charge in [0.2, 0.25) is 0 Å². The van der Waals surface area contributed by atoms with Crippen LogP contribution in [0.1, 0.15) is 17.2 Å². The first-order chi connectivity index (χ1) is 11.1. The summed E-state index contributed by atoms with van der Waals surface area (Å²) in [5.74, 6) is 0. The summed E-state index contributed by atoms with van der Waals surface area (Å²) in [5.41, 5.74) is 3.61. The van der Waals surface area contributed by atoms with Crippen molar-refractivity contribution in [3.05, 3.63) is 65.7 Å². The molecule has 0 aliphatic carbocycles. The van der Waals surface area contributed by atoms with Crippen LogP contribution in [0.25, 0.3) is 0 Å². The van der Waals surface area contributed by atoms with Crippen LogP contribution in [0.4, 0.5) is 5.69 Å². The van der Waals surface area contributed by atoms with Crippen molar-refractivity contribution in [2.24, 2.45) is 0 Å². The Balaban J connectivity index is 1.81. The molecular weight excluding hydrogens is 302 g/mol. The van der Waals surface area contributed by atoms with E-state index >= 15 is 0 Å². The lowest BCUT2D eigenvalue weighted by molar-refractivity contribution is 0.153. The van der Waals surface area contributed by atoms with Gasteiger partial charge in [-0.25, -0.2) is 0 Å². The van der Waals surface area contributed by atoms with Gasteiger partial charge in [-0.2, -0.15) is 0 Å². The molecule has 1 N–H and O–H groups in total. The number of para-hydroxylation sites is 1. The minimum atomic E-state index is 0.291. The highest BCUT2D eigenvalue weighted by molar-refractivity contribution is 7.80. The molecule has 1 aliphatic rings. The van der Waals surface area contributed by atoms with Gasteiger partial charge in [0.05, 0.1) is 6.04 Å². The molecule has 2 aromatic rings. The van der Waals surface area contributed by atoms with Crippen molar-refractivity contribution in [1.82, 2.24) is 9.80 Å². The Morgan fingerprint density at radius 3 is 2.48 bits per heavy atom. The summed E-state index contributed by atoms with van der Waals surface area (Å²) in [5, 5.41) is 4.24. The topological polar surface area (TPSA) is 18.5 Å². The molecule has 4 heteroatoms. The third-order valence-electron chi connectivity index (χ3n) is 4.42. The number of piperazine rings is 1. The van der Waals surface area contributed by atoms with E-state index in [-0.39, 0.29) is 0 Å². The highest BCUT2D eigenvalue weighted by atomic mass is 32.1. The molecule has 0 bridgehead atoms. The van der Waals surface area contributed by atoms with E-state index in [1.807, 2.05) is 12.1 Å². The van der Waals surface area contributed by atoms with Crippen LogP contribution in [0, 0.1) is 6.92 Å². The molecule has 1 fully saturated rings. The van der Waals surface area contributed by atoms with Crippen molar-refractivity contribution >= 4 is 23.0 Å². The third-order valence-corrected chi connectivity index (χ3v) is 4.75. The second kappa shape index (κ2) is 7.11. The van der Waals surface area contributed by atoms with Crippen molar-refractivity contribution < 1.29 is 0 Å². The fourth-order valence-electron chi connectivity index (χ4n) is 3.02. The van der Waals surface area contributed by atoms with E-state index in [4.69, 9.17) is 12.2 Å². The monoisotopic (exact) mass is 325 g/mol. The van der Waals surface area contributed by atoms with E-state index in [1.54, 1.807) is 0 Å². The first-order valence-corrected chi connectivity index (χ1v) is 8.43. The Labute approximate surface area is 143 Å². The molecule has 0 unspecified atom stereocenters. The SMILES string of the molecule is Cc1ccccc1NC(=S)N1CCN(C)C[C@@H]1c1ccccc1. The van der Waals surface area contributed by atoms with Crippen molar-refractivity contribution in [3.63, 3.8) is 0 Å². The van der Waals surface area contributed by atoms with E-state index in [2.05, 4.69) is 71.6 Å². The van der Waals surface area contributed by atoms with E-state index in [1.165, 1.54) is 11.1 Å². The largest absolute Gasteiger partial charge is 0.339 e. The maximum absolute atomic E-state index is 5.73. The molecule has 23 heavy (non-hydrogen) atoms. The van der Waals surface area contributed by atoms with Crippen molar-refractivity contribution in [1.29, 1.82) is 0 Å². The van der Waals surface area contributed by atoms with Gasteiger partial charge in [0.1, 0.15) is 0 Å². The van der Waals surface area contributed by atoms with E-state index in [0.717, 1.165) is 30.4 Å². The number of nitrogens with one attached hydrogen (secondary N) is 1. The number of nitrogens with zero attached hydrogens (tertiary/aromatic N) is 2. The number of hydrogen-bond acceptors (Lipinski definition) is 2. The number of likely N-dealkylation sites (N-methyl/N-ethyl adjacent to an activating group) is 1. The zero-order chi connectivity index (χ0) is 16.2. The first kappa shape index (κ1) is 16.0. The van der Waals surface area contributed by atoms with Crippen LogP contribution in [0.2, 0.25) is 0 Å². The van der Waals surface area contributed by atoms with Crippen LogP contribution in [0.15, 0.2) is 54.6 Å². The molecule has 1 aliphatic heterocycles. The molecule has 3 rings (SSSR count). The van der Waals surface area contributed by atoms with E-state index in [0.29, 0.717) is 6.04 Å². The van der Waals surface area contributed by atoms with Gasteiger partial charge >= 0.3 is 0 Å². The molecule has 0 amide bonds. The molecule has 3 nitrogen and oxygen atoms in total. The molecule has 0 radical (unpaired) electrons. The van der Waals surface area contributed by atoms with Gasteiger partial charge in [-0.3, -0.25) is 0 Å². The lowest BCUT2D eigenvalue weighted by Crippen LogP contribution is -2.50. The smallest absolute Gasteiger partial charge is 0.174 e. The standard InChI is InChI=1S/C19H23N3S/c1-15-8-6-7-11-17(15)20-19(23)22-13-12-21(2)14-18(22)16-9-4-3-5-10-16/h3-11,18H,12-14H2,1-2H3,(H,20,23)/t18-/m1/s1. The lowest BCUT2D eigenvalue weighted by atomic mass is 10.0. The Morgan fingerprint density at radius 2 is 1.74 bits per heavy atom. The second-order valence-electron chi connectivity index (χ2n) is 6.13. The molecule has 0 spiro atoms. The summed E-state index contributed by atoms with van der Waals surface area (Å²) in [4.78, 5) is 4.68. The Hall–Kier alpha value is -1.91. The normalized spacial score (nSPS) is 18.7. The number of rotatable bonds is 2. The molecule has 120 valence electrons. The summed E-state index contributed by atoms with van der Waals surface area (Å²) in [6.07, 6.45) is 0.